The van der Waals surface area contributed by atoms with Crippen LogP contribution in [0.25, 0.3) is 10.6 Å². The first-order chi connectivity index (χ1) is 16.0. The molecule has 1 heterocycles. The fraction of sp³-hybridized carbons (Fsp3) is 0.320. The van der Waals surface area contributed by atoms with Crippen molar-refractivity contribution in [1.29, 1.82) is 0 Å². The maximum atomic E-state index is 12.9. The molecule has 0 spiro atoms. The molecule has 0 saturated carbocycles. The van der Waals surface area contributed by atoms with Gasteiger partial charge in [-0.25, -0.2) is 4.98 Å². The van der Waals surface area contributed by atoms with Gasteiger partial charge in [0.05, 0.1) is 17.2 Å². The van der Waals surface area contributed by atoms with Crippen molar-refractivity contribution in [2.45, 2.75) is 52.1 Å². The van der Waals surface area contributed by atoms with E-state index >= 15 is 0 Å². The van der Waals surface area contributed by atoms with Gasteiger partial charge in [0.25, 0.3) is 0 Å². The summed E-state index contributed by atoms with van der Waals surface area (Å²) in [5.41, 5.74) is 2.85. The number of carbonyl (C=O) groups is 2. The highest BCUT2D eigenvalue weighted by Gasteiger charge is 2.30. The van der Waals surface area contributed by atoms with Crippen molar-refractivity contribution in [3.05, 3.63) is 69.7 Å². The largest absolute Gasteiger partial charge is 0.481 e. The van der Waals surface area contributed by atoms with Gasteiger partial charge in [0.2, 0.25) is 5.91 Å². The van der Waals surface area contributed by atoms with Crippen molar-refractivity contribution in [2.75, 3.05) is 5.32 Å². The monoisotopic (exact) mass is 490 g/mol. The van der Waals surface area contributed by atoms with Crippen molar-refractivity contribution in [2.24, 2.45) is 0 Å². The van der Waals surface area contributed by atoms with Gasteiger partial charge in [-0.15, -0.1) is 11.3 Å². The normalized spacial score (nSPS) is 12.4. The summed E-state index contributed by atoms with van der Waals surface area (Å²) in [5.74, 6) is -1.69. The third-order valence-electron chi connectivity index (χ3n) is 5.53. The Morgan fingerprint density at radius 1 is 1.15 bits per heavy atom. The zero-order valence-corrected chi connectivity index (χ0v) is 19.8. The number of anilines is 1. The fourth-order valence-corrected chi connectivity index (χ4v) is 4.65. The average Bonchev–Trinajstić information content (AvgIpc) is 3.22. The van der Waals surface area contributed by atoms with Gasteiger partial charge in [-0.2, -0.15) is 13.2 Å². The summed E-state index contributed by atoms with van der Waals surface area (Å²) < 4.78 is 38.6. The van der Waals surface area contributed by atoms with Crippen LogP contribution in [0.2, 0.25) is 0 Å². The van der Waals surface area contributed by atoms with E-state index in [2.05, 4.69) is 10.3 Å². The van der Waals surface area contributed by atoms with Gasteiger partial charge in [0.1, 0.15) is 5.01 Å². The quantitative estimate of drug-likeness (QED) is 0.380. The molecule has 2 N–H and O–H groups in total. The number of halogens is 3. The van der Waals surface area contributed by atoms with E-state index in [1.54, 1.807) is 19.1 Å². The molecule has 1 aromatic heterocycles. The van der Waals surface area contributed by atoms with E-state index in [1.165, 1.54) is 23.5 Å². The molecule has 1 unspecified atom stereocenters. The summed E-state index contributed by atoms with van der Waals surface area (Å²) in [6.07, 6.45) is -3.31. The maximum Gasteiger partial charge on any atom is 0.416 e. The number of amides is 1. The van der Waals surface area contributed by atoms with Crippen LogP contribution >= 0.6 is 11.3 Å². The molecule has 180 valence electrons. The summed E-state index contributed by atoms with van der Waals surface area (Å²) in [4.78, 5) is 29.2. The van der Waals surface area contributed by atoms with Gasteiger partial charge in [-0.3, -0.25) is 9.59 Å². The molecule has 5 nitrogen and oxygen atoms in total. The fourth-order valence-electron chi connectivity index (χ4n) is 3.55. The van der Waals surface area contributed by atoms with E-state index in [9.17, 15) is 22.8 Å². The number of carboxylic acid groups (broad SMARTS) is 1. The molecule has 0 bridgehead atoms. The Labute approximate surface area is 199 Å². The van der Waals surface area contributed by atoms with Crippen LogP contribution in [-0.4, -0.2) is 22.0 Å². The second-order valence-electron chi connectivity index (χ2n) is 8.00. The van der Waals surface area contributed by atoms with Gasteiger partial charge in [-0.1, -0.05) is 25.1 Å². The highest BCUT2D eigenvalue weighted by atomic mass is 32.1. The van der Waals surface area contributed by atoms with Gasteiger partial charge in [0, 0.05) is 22.5 Å². The first kappa shape index (κ1) is 25.4. The molecule has 0 radical (unpaired) electrons. The first-order valence-corrected chi connectivity index (χ1v) is 11.6. The van der Waals surface area contributed by atoms with Crippen molar-refractivity contribution >= 4 is 28.9 Å². The van der Waals surface area contributed by atoms with Gasteiger partial charge >= 0.3 is 12.1 Å². The summed E-state index contributed by atoms with van der Waals surface area (Å²) in [7, 11) is 0. The number of nitrogens with one attached hydrogen (secondary N) is 1. The Bertz CT molecular complexity index is 1190. The minimum absolute atomic E-state index is 0.0362. The predicted octanol–water partition coefficient (Wildman–Crippen LogP) is 6.46. The topological polar surface area (TPSA) is 79.3 Å². The number of nitrogens with zero attached hydrogens (tertiary/aromatic N) is 1. The third kappa shape index (κ3) is 6.02. The number of rotatable bonds is 8. The zero-order valence-electron chi connectivity index (χ0n) is 19.0. The van der Waals surface area contributed by atoms with Crippen LogP contribution in [0.3, 0.4) is 0 Å². The molecule has 0 aliphatic rings. The Balaban J connectivity index is 1.77. The van der Waals surface area contributed by atoms with Crippen LogP contribution < -0.4 is 5.32 Å². The lowest BCUT2D eigenvalue weighted by Gasteiger charge is -2.13. The van der Waals surface area contributed by atoms with Crippen LogP contribution in [-0.2, 0) is 28.6 Å². The number of aryl methyl sites for hydroxylation is 3. The molecule has 9 heteroatoms. The van der Waals surface area contributed by atoms with Crippen LogP contribution in [0, 0.1) is 6.92 Å². The van der Waals surface area contributed by atoms with Gasteiger partial charge in [0.15, 0.2) is 0 Å². The molecule has 0 saturated heterocycles. The Hall–Kier alpha value is -3.20. The highest BCUT2D eigenvalue weighted by molar-refractivity contribution is 7.15. The minimum atomic E-state index is -4.40. The van der Waals surface area contributed by atoms with Crippen molar-refractivity contribution < 1.29 is 27.9 Å². The minimum Gasteiger partial charge on any atom is -0.481 e. The van der Waals surface area contributed by atoms with E-state index in [0.717, 1.165) is 28.1 Å². The molecule has 34 heavy (non-hydrogen) atoms. The number of hydrogen-bond acceptors (Lipinski definition) is 4. The van der Waals surface area contributed by atoms with E-state index in [0.29, 0.717) is 34.8 Å². The van der Waals surface area contributed by atoms with Crippen molar-refractivity contribution in [3.63, 3.8) is 0 Å². The molecule has 3 aromatic rings. The molecule has 2 aromatic carbocycles. The number of carbonyl (C=O) groups excluding carboxylic acids is 1. The number of alkyl halides is 3. The molecule has 1 atom stereocenters. The van der Waals surface area contributed by atoms with Crippen LogP contribution in [0.5, 0.6) is 0 Å². The number of benzene rings is 2. The van der Waals surface area contributed by atoms with E-state index in [-0.39, 0.29) is 12.3 Å². The second kappa shape index (κ2) is 10.4. The summed E-state index contributed by atoms with van der Waals surface area (Å²) >= 11 is 1.37. The Morgan fingerprint density at radius 2 is 1.82 bits per heavy atom. The molecule has 0 aliphatic carbocycles. The predicted molar refractivity (Wildman–Crippen MR) is 126 cm³/mol. The standard InChI is InChI=1S/C25H25F3N2O3S/c1-4-20-22(30-24(34-20)17-5-9-18(10-6-17)25(26,27)28)15(3)23(33)29-19-11-7-16(14(2)13-19)8-12-21(31)32/h5-7,9-11,13,15H,4,8,12H2,1-3H3,(H,29,33)(H,31,32). The third-order valence-corrected chi connectivity index (χ3v) is 6.79. The van der Waals surface area contributed by atoms with Crippen molar-refractivity contribution in [1.82, 2.24) is 4.98 Å². The molecule has 0 fully saturated rings. The second-order valence-corrected chi connectivity index (χ2v) is 9.09. The molecular formula is C25H25F3N2O3S. The zero-order chi connectivity index (χ0) is 25.0. The number of carboxylic acids is 1. The maximum absolute atomic E-state index is 12.9. The van der Waals surface area contributed by atoms with Crippen LogP contribution in [0.15, 0.2) is 42.5 Å². The Morgan fingerprint density at radius 3 is 2.38 bits per heavy atom. The number of aromatic nitrogens is 1. The van der Waals surface area contributed by atoms with E-state index in [1.807, 2.05) is 19.9 Å². The van der Waals surface area contributed by atoms with E-state index < -0.39 is 23.6 Å². The summed E-state index contributed by atoms with van der Waals surface area (Å²) in [6, 6.07) is 10.2. The number of thiazole rings is 1. The average molecular weight is 491 g/mol. The number of hydrogen-bond donors (Lipinski definition) is 2. The van der Waals surface area contributed by atoms with Crippen LogP contribution in [0.4, 0.5) is 18.9 Å². The lowest BCUT2D eigenvalue weighted by molar-refractivity contribution is -0.138. The first-order valence-electron chi connectivity index (χ1n) is 10.8. The van der Waals surface area contributed by atoms with E-state index in [4.69, 9.17) is 5.11 Å². The summed E-state index contributed by atoms with van der Waals surface area (Å²) in [5, 5.41) is 12.3. The molecule has 3 rings (SSSR count). The SMILES string of the molecule is CCc1sc(-c2ccc(C(F)(F)F)cc2)nc1C(C)C(=O)Nc1ccc(CCC(=O)O)c(C)c1. The highest BCUT2D eigenvalue weighted by Crippen LogP contribution is 2.35. The molecule has 1 amide bonds. The molecular weight excluding hydrogens is 465 g/mol. The number of aliphatic carboxylic acids is 1. The Kier molecular flexibility index (Phi) is 7.76. The van der Waals surface area contributed by atoms with Gasteiger partial charge < -0.3 is 10.4 Å². The van der Waals surface area contributed by atoms with Crippen LogP contribution in [0.1, 0.15) is 53.4 Å². The molecule has 0 aliphatic heterocycles. The summed E-state index contributed by atoms with van der Waals surface area (Å²) in [6.45, 7) is 5.55. The van der Waals surface area contributed by atoms with Gasteiger partial charge in [-0.05, 0) is 62.1 Å². The lowest BCUT2D eigenvalue weighted by Crippen LogP contribution is -2.20. The lowest BCUT2D eigenvalue weighted by atomic mass is 10.0. The smallest absolute Gasteiger partial charge is 0.416 e. The van der Waals surface area contributed by atoms with Crippen molar-refractivity contribution in [3.8, 4) is 10.6 Å².